The molecule has 0 spiro atoms. The van der Waals surface area contributed by atoms with Gasteiger partial charge >= 0.3 is 0 Å². The van der Waals surface area contributed by atoms with E-state index < -0.39 is 0 Å². The van der Waals surface area contributed by atoms with Crippen molar-refractivity contribution in [2.75, 3.05) is 14.2 Å². The summed E-state index contributed by atoms with van der Waals surface area (Å²) in [6, 6.07) is 0. The van der Waals surface area contributed by atoms with Crippen molar-refractivity contribution < 1.29 is 9.68 Å². The van der Waals surface area contributed by atoms with Crippen LogP contribution < -0.4 is 0 Å². The van der Waals surface area contributed by atoms with E-state index in [-0.39, 0.29) is 0 Å². The summed E-state index contributed by atoms with van der Waals surface area (Å²) in [5.41, 5.74) is 0. The summed E-state index contributed by atoms with van der Waals surface area (Å²) in [5.74, 6) is 0. The molecular formula is C5H10N2O2. The van der Waals surface area contributed by atoms with E-state index in [1.165, 1.54) is 14.2 Å². The first-order valence-corrected chi connectivity index (χ1v) is 2.51. The number of rotatable bonds is 4. The summed E-state index contributed by atoms with van der Waals surface area (Å²) in [5, 5.41) is 6.94. The number of oxime groups is 2. The summed E-state index contributed by atoms with van der Waals surface area (Å²) in [6.45, 7) is 0. The van der Waals surface area contributed by atoms with Crippen LogP contribution in [0.5, 0.6) is 0 Å². The molecule has 0 atom stereocenters. The summed E-state index contributed by atoms with van der Waals surface area (Å²) >= 11 is 0. The van der Waals surface area contributed by atoms with Crippen LogP contribution >= 0.6 is 0 Å². The predicted octanol–water partition coefficient (Wildman–Crippen LogP) is 0.641. The Morgan fingerprint density at radius 2 is 1.56 bits per heavy atom. The highest BCUT2D eigenvalue weighted by Gasteiger charge is 1.70. The average molecular weight is 130 g/mol. The molecule has 0 bridgehead atoms. The lowest BCUT2D eigenvalue weighted by molar-refractivity contribution is 0.213. The van der Waals surface area contributed by atoms with Crippen LogP contribution in [0, 0.1) is 0 Å². The summed E-state index contributed by atoms with van der Waals surface area (Å²) < 4.78 is 0. The Balaban J connectivity index is 3.08. The van der Waals surface area contributed by atoms with Crippen molar-refractivity contribution in [1.29, 1.82) is 0 Å². The van der Waals surface area contributed by atoms with Crippen molar-refractivity contribution >= 4 is 12.4 Å². The maximum absolute atomic E-state index is 4.39. The van der Waals surface area contributed by atoms with Crippen LogP contribution in [-0.4, -0.2) is 26.6 Å². The molecule has 0 aliphatic heterocycles. The predicted molar refractivity (Wildman–Crippen MR) is 35.6 cm³/mol. The largest absolute Gasteiger partial charge is 0.399 e. The fourth-order valence-electron chi connectivity index (χ4n) is 0.282. The van der Waals surface area contributed by atoms with E-state index in [0.29, 0.717) is 6.42 Å². The second-order valence-corrected chi connectivity index (χ2v) is 1.18. The van der Waals surface area contributed by atoms with Crippen LogP contribution in [0.3, 0.4) is 0 Å². The summed E-state index contributed by atoms with van der Waals surface area (Å²) in [6.07, 6.45) is 3.80. The van der Waals surface area contributed by atoms with E-state index in [0.717, 1.165) is 0 Å². The summed E-state index contributed by atoms with van der Waals surface area (Å²) in [7, 11) is 2.98. The van der Waals surface area contributed by atoms with E-state index in [2.05, 4.69) is 20.0 Å². The molecule has 0 aliphatic carbocycles. The Hall–Kier alpha value is -1.06. The lowest BCUT2D eigenvalue weighted by Crippen LogP contribution is -1.79. The van der Waals surface area contributed by atoms with Crippen molar-refractivity contribution in [2.45, 2.75) is 6.42 Å². The van der Waals surface area contributed by atoms with Gasteiger partial charge in [0.05, 0.1) is 0 Å². The van der Waals surface area contributed by atoms with Gasteiger partial charge in [-0.05, 0) is 0 Å². The molecule has 0 aliphatic rings. The van der Waals surface area contributed by atoms with Gasteiger partial charge in [0.25, 0.3) is 0 Å². The highest BCUT2D eigenvalue weighted by Crippen LogP contribution is 1.71. The molecule has 0 unspecified atom stereocenters. The smallest absolute Gasteiger partial charge is 0.106 e. The lowest BCUT2D eigenvalue weighted by atomic mass is 10.5. The molecule has 0 fully saturated rings. The zero-order chi connectivity index (χ0) is 6.95. The fraction of sp³-hybridized carbons (Fsp3) is 0.600. The Bertz CT molecular complexity index is 89.1. The van der Waals surface area contributed by atoms with Crippen LogP contribution in [0.4, 0.5) is 0 Å². The molecule has 4 nitrogen and oxygen atoms in total. The zero-order valence-corrected chi connectivity index (χ0v) is 5.57. The van der Waals surface area contributed by atoms with Crippen LogP contribution in [-0.2, 0) is 9.68 Å². The molecule has 0 radical (unpaired) electrons. The van der Waals surface area contributed by atoms with Crippen LogP contribution in [0.2, 0.25) is 0 Å². The van der Waals surface area contributed by atoms with Gasteiger partial charge in [-0.1, -0.05) is 10.3 Å². The Kier molecular flexibility index (Phi) is 6.12. The van der Waals surface area contributed by atoms with E-state index in [9.17, 15) is 0 Å². The van der Waals surface area contributed by atoms with Crippen molar-refractivity contribution in [2.24, 2.45) is 10.3 Å². The van der Waals surface area contributed by atoms with E-state index in [4.69, 9.17) is 0 Å². The van der Waals surface area contributed by atoms with Crippen LogP contribution in [0.1, 0.15) is 6.42 Å². The first-order valence-electron chi connectivity index (χ1n) is 2.51. The molecule has 52 valence electrons. The van der Waals surface area contributed by atoms with Crippen molar-refractivity contribution in [3.8, 4) is 0 Å². The monoisotopic (exact) mass is 130 g/mol. The Labute approximate surface area is 54.1 Å². The number of hydrogen-bond acceptors (Lipinski definition) is 4. The fourth-order valence-corrected chi connectivity index (χ4v) is 0.282. The summed E-state index contributed by atoms with van der Waals surface area (Å²) in [4.78, 5) is 8.78. The minimum absolute atomic E-state index is 0.627. The maximum Gasteiger partial charge on any atom is 0.106 e. The highest BCUT2D eigenvalue weighted by atomic mass is 16.6. The van der Waals surface area contributed by atoms with E-state index in [1.807, 2.05) is 0 Å². The molecule has 9 heavy (non-hydrogen) atoms. The molecule has 4 heteroatoms. The average Bonchev–Trinajstić information content (AvgIpc) is 1.89. The maximum atomic E-state index is 4.39. The van der Waals surface area contributed by atoms with Gasteiger partial charge in [0, 0.05) is 18.9 Å². The third kappa shape index (κ3) is 6.94. The van der Waals surface area contributed by atoms with Gasteiger partial charge in [-0.25, -0.2) is 0 Å². The van der Waals surface area contributed by atoms with Gasteiger partial charge in [-0.2, -0.15) is 0 Å². The minimum Gasteiger partial charge on any atom is -0.399 e. The lowest BCUT2D eigenvalue weighted by Gasteiger charge is -1.83. The highest BCUT2D eigenvalue weighted by molar-refractivity contribution is 5.78. The molecule has 0 saturated heterocycles. The Morgan fingerprint density at radius 1 is 1.11 bits per heavy atom. The van der Waals surface area contributed by atoms with E-state index >= 15 is 0 Å². The topological polar surface area (TPSA) is 43.2 Å². The molecule has 0 amide bonds. The van der Waals surface area contributed by atoms with Crippen molar-refractivity contribution in [3.63, 3.8) is 0 Å². The van der Waals surface area contributed by atoms with Gasteiger partial charge in [0.15, 0.2) is 0 Å². The van der Waals surface area contributed by atoms with Crippen molar-refractivity contribution in [3.05, 3.63) is 0 Å². The SMILES string of the molecule is CON=CCC=NOC. The molecule has 0 heterocycles. The quantitative estimate of drug-likeness (QED) is 0.414. The normalized spacial score (nSPS) is 10.9. The number of hydrogen-bond donors (Lipinski definition) is 0. The molecular weight excluding hydrogens is 120 g/mol. The first-order chi connectivity index (χ1) is 4.41. The molecule has 0 aromatic heterocycles. The van der Waals surface area contributed by atoms with Gasteiger partial charge in [0.1, 0.15) is 14.2 Å². The second-order valence-electron chi connectivity index (χ2n) is 1.18. The zero-order valence-electron chi connectivity index (χ0n) is 5.57. The van der Waals surface area contributed by atoms with Crippen LogP contribution in [0.15, 0.2) is 10.3 Å². The van der Waals surface area contributed by atoms with Crippen molar-refractivity contribution in [1.82, 2.24) is 0 Å². The van der Waals surface area contributed by atoms with Crippen LogP contribution in [0.25, 0.3) is 0 Å². The standard InChI is InChI=1S/C5H10N2O2/c1-8-6-4-3-5-7-9-2/h4-5H,3H2,1-2H3. The molecule has 0 saturated carbocycles. The number of nitrogens with zero attached hydrogens (tertiary/aromatic N) is 2. The van der Waals surface area contributed by atoms with E-state index in [1.54, 1.807) is 12.4 Å². The molecule has 0 aromatic carbocycles. The van der Waals surface area contributed by atoms with Gasteiger partial charge in [0.2, 0.25) is 0 Å². The second kappa shape index (κ2) is 6.94. The molecule has 0 N–H and O–H groups in total. The first kappa shape index (κ1) is 7.94. The minimum atomic E-state index is 0.627. The van der Waals surface area contributed by atoms with Gasteiger partial charge in [-0.3, -0.25) is 0 Å². The Morgan fingerprint density at radius 3 is 1.89 bits per heavy atom. The van der Waals surface area contributed by atoms with Gasteiger partial charge < -0.3 is 9.68 Å². The molecule has 0 aromatic rings. The third-order valence-corrected chi connectivity index (χ3v) is 0.571. The third-order valence-electron chi connectivity index (χ3n) is 0.571. The van der Waals surface area contributed by atoms with Gasteiger partial charge in [-0.15, -0.1) is 0 Å². The molecule has 0 rings (SSSR count).